The van der Waals surface area contributed by atoms with Crippen LogP contribution in [0.1, 0.15) is 26.3 Å². The summed E-state index contributed by atoms with van der Waals surface area (Å²) in [6, 6.07) is 21.7. The zero-order valence-electron chi connectivity index (χ0n) is 18.2. The van der Waals surface area contributed by atoms with Crippen LogP contribution in [-0.2, 0) is 10.2 Å². The Morgan fingerprint density at radius 1 is 0.969 bits per heavy atom. The number of nitrogens with zero attached hydrogens (tertiary/aromatic N) is 1. The maximum Gasteiger partial charge on any atom is 0.347 e. The maximum atomic E-state index is 12.2. The van der Waals surface area contributed by atoms with E-state index in [4.69, 9.17) is 9.15 Å². The van der Waals surface area contributed by atoms with Crippen molar-refractivity contribution in [3.8, 4) is 17.2 Å². The highest BCUT2D eigenvalue weighted by atomic mass is 16.5. The molecule has 4 aromatic rings. The summed E-state index contributed by atoms with van der Waals surface area (Å²) in [5, 5.41) is 3.23. The number of hydrogen-bond donors (Lipinski definition) is 1. The number of carbonyl (C=O) groups is 1. The second-order valence-corrected chi connectivity index (χ2v) is 8.51. The number of rotatable bonds is 5. The number of carbonyl (C=O) groups excluding carboxylic acids is 1. The molecule has 6 nitrogen and oxygen atoms in total. The molecule has 0 atom stereocenters. The van der Waals surface area contributed by atoms with Gasteiger partial charge in [0.1, 0.15) is 5.75 Å². The molecular formula is C26H24N2O4. The molecule has 0 aliphatic rings. The number of ether oxygens (including phenoxy) is 1. The number of hydrogen-bond acceptors (Lipinski definition) is 5. The lowest BCUT2D eigenvalue weighted by atomic mass is 9.87. The first kappa shape index (κ1) is 21.3. The molecule has 1 N–H and O–H groups in total. The molecule has 0 unspecified atom stereocenters. The summed E-state index contributed by atoms with van der Waals surface area (Å²) in [6.45, 7) is 6.33. The minimum atomic E-state index is -0.435. The topological polar surface area (TPSA) is 81.4 Å². The molecule has 1 heterocycles. The van der Waals surface area contributed by atoms with Crippen LogP contribution in [0.3, 0.4) is 0 Å². The maximum absolute atomic E-state index is 12.2. The molecule has 32 heavy (non-hydrogen) atoms. The van der Waals surface area contributed by atoms with Crippen LogP contribution in [0.4, 0.5) is 5.69 Å². The van der Waals surface area contributed by atoms with Crippen molar-refractivity contribution in [2.24, 2.45) is 0 Å². The van der Waals surface area contributed by atoms with Crippen molar-refractivity contribution in [3.05, 3.63) is 88.8 Å². The van der Waals surface area contributed by atoms with Gasteiger partial charge in [0, 0.05) is 11.3 Å². The Bertz CT molecular complexity index is 1300. The van der Waals surface area contributed by atoms with Crippen molar-refractivity contribution in [1.29, 1.82) is 0 Å². The van der Waals surface area contributed by atoms with Gasteiger partial charge in [0.2, 0.25) is 5.89 Å². The standard InChI is InChI=1S/C26H24N2O4/c1-26(2,3)18-10-14-20(15-11-18)31-16-23(29)27-19-12-8-17(9-13-19)24-28-22-7-5-4-6-21(22)25(30)32-24/h4-15H,16H2,1-3H3,(H,27,29). The average molecular weight is 428 g/mol. The third-order valence-electron chi connectivity index (χ3n) is 5.04. The minimum absolute atomic E-state index is 0.0625. The molecule has 1 aromatic heterocycles. The Kier molecular flexibility index (Phi) is 5.77. The molecule has 162 valence electrons. The highest BCUT2D eigenvalue weighted by Gasteiger charge is 2.13. The summed E-state index contributed by atoms with van der Waals surface area (Å²) in [6.07, 6.45) is 0. The molecular weight excluding hydrogens is 404 g/mol. The van der Waals surface area contributed by atoms with Crippen molar-refractivity contribution >= 4 is 22.5 Å². The Morgan fingerprint density at radius 2 is 1.66 bits per heavy atom. The van der Waals surface area contributed by atoms with Gasteiger partial charge in [-0.2, -0.15) is 0 Å². The van der Waals surface area contributed by atoms with Crippen LogP contribution in [0.2, 0.25) is 0 Å². The first-order valence-electron chi connectivity index (χ1n) is 10.3. The van der Waals surface area contributed by atoms with E-state index in [-0.39, 0.29) is 23.8 Å². The highest BCUT2D eigenvalue weighted by Crippen LogP contribution is 2.24. The van der Waals surface area contributed by atoms with Gasteiger partial charge in [-0.25, -0.2) is 9.78 Å². The predicted octanol–water partition coefficient (Wildman–Crippen LogP) is 5.17. The Hall–Kier alpha value is -3.93. The van der Waals surface area contributed by atoms with Gasteiger partial charge in [-0.3, -0.25) is 4.79 Å². The summed E-state index contributed by atoms with van der Waals surface area (Å²) in [4.78, 5) is 28.8. The summed E-state index contributed by atoms with van der Waals surface area (Å²) in [5.74, 6) is 0.600. The lowest BCUT2D eigenvalue weighted by molar-refractivity contribution is -0.118. The number of amides is 1. The lowest BCUT2D eigenvalue weighted by Crippen LogP contribution is -2.20. The van der Waals surface area contributed by atoms with Gasteiger partial charge in [-0.15, -0.1) is 0 Å². The number of para-hydroxylation sites is 1. The van der Waals surface area contributed by atoms with Gasteiger partial charge >= 0.3 is 5.63 Å². The number of anilines is 1. The predicted molar refractivity (Wildman–Crippen MR) is 125 cm³/mol. The molecule has 6 heteroatoms. The quantitative estimate of drug-likeness (QED) is 0.474. The van der Waals surface area contributed by atoms with Crippen LogP contribution in [-0.4, -0.2) is 17.5 Å². The van der Waals surface area contributed by atoms with Crippen molar-refractivity contribution in [3.63, 3.8) is 0 Å². The third kappa shape index (κ3) is 4.86. The van der Waals surface area contributed by atoms with E-state index >= 15 is 0 Å². The molecule has 0 fully saturated rings. The summed E-state index contributed by atoms with van der Waals surface area (Å²) in [5.41, 5.74) is 2.65. The fourth-order valence-electron chi connectivity index (χ4n) is 3.24. The minimum Gasteiger partial charge on any atom is -0.484 e. The monoisotopic (exact) mass is 428 g/mol. The van der Waals surface area contributed by atoms with Crippen LogP contribution in [0.25, 0.3) is 22.4 Å². The molecule has 0 spiro atoms. The van der Waals surface area contributed by atoms with Gasteiger partial charge < -0.3 is 14.5 Å². The zero-order valence-corrected chi connectivity index (χ0v) is 18.2. The average Bonchev–Trinajstić information content (AvgIpc) is 2.78. The van der Waals surface area contributed by atoms with Crippen LogP contribution >= 0.6 is 0 Å². The first-order valence-corrected chi connectivity index (χ1v) is 10.3. The molecule has 3 aromatic carbocycles. The van der Waals surface area contributed by atoms with Crippen LogP contribution in [0, 0.1) is 0 Å². The Morgan fingerprint density at radius 3 is 2.34 bits per heavy atom. The van der Waals surface area contributed by atoms with E-state index < -0.39 is 5.63 Å². The normalized spacial score (nSPS) is 11.3. The molecule has 4 rings (SSSR count). The van der Waals surface area contributed by atoms with E-state index in [1.54, 1.807) is 42.5 Å². The molecule has 0 bridgehead atoms. The number of aromatic nitrogens is 1. The molecule has 0 aliphatic heterocycles. The second-order valence-electron chi connectivity index (χ2n) is 8.51. The fourth-order valence-corrected chi connectivity index (χ4v) is 3.24. The third-order valence-corrected chi connectivity index (χ3v) is 5.04. The van der Waals surface area contributed by atoms with Gasteiger partial charge in [-0.05, 0) is 59.5 Å². The highest BCUT2D eigenvalue weighted by molar-refractivity contribution is 5.92. The van der Waals surface area contributed by atoms with E-state index in [0.29, 0.717) is 27.9 Å². The summed E-state index contributed by atoms with van der Waals surface area (Å²) in [7, 11) is 0. The van der Waals surface area contributed by atoms with E-state index in [9.17, 15) is 9.59 Å². The van der Waals surface area contributed by atoms with E-state index in [2.05, 4.69) is 31.1 Å². The number of nitrogens with one attached hydrogen (secondary N) is 1. The number of fused-ring (bicyclic) bond motifs is 1. The van der Waals surface area contributed by atoms with Gasteiger partial charge in [-0.1, -0.05) is 45.0 Å². The molecule has 1 amide bonds. The van der Waals surface area contributed by atoms with Crippen molar-refractivity contribution in [2.45, 2.75) is 26.2 Å². The number of benzene rings is 3. The van der Waals surface area contributed by atoms with E-state index in [1.807, 2.05) is 30.3 Å². The smallest absolute Gasteiger partial charge is 0.347 e. The van der Waals surface area contributed by atoms with Gasteiger partial charge in [0.25, 0.3) is 5.91 Å². The van der Waals surface area contributed by atoms with Crippen molar-refractivity contribution in [1.82, 2.24) is 4.98 Å². The second kappa shape index (κ2) is 8.67. The van der Waals surface area contributed by atoms with E-state index in [0.717, 1.165) is 0 Å². The van der Waals surface area contributed by atoms with Crippen LogP contribution < -0.4 is 15.7 Å². The Labute approximate surface area is 185 Å². The van der Waals surface area contributed by atoms with E-state index in [1.165, 1.54) is 5.56 Å². The summed E-state index contributed by atoms with van der Waals surface area (Å²) < 4.78 is 10.9. The fraction of sp³-hybridized carbons (Fsp3) is 0.192. The molecule has 0 radical (unpaired) electrons. The molecule has 0 aliphatic carbocycles. The summed E-state index contributed by atoms with van der Waals surface area (Å²) >= 11 is 0. The van der Waals surface area contributed by atoms with Crippen LogP contribution in [0.15, 0.2) is 82.0 Å². The van der Waals surface area contributed by atoms with Crippen LogP contribution in [0.5, 0.6) is 5.75 Å². The van der Waals surface area contributed by atoms with Gasteiger partial charge in [0.15, 0.2) is 6.61 Å². The molecule has 0 saturated heterocycles. The van der Waals surface area contributed by atoms with Crippen molar-refractivity contribution in [2.75, 3.05) is 11.9 Å². The zero-order chi connectivity index (χ0) is 22.7. The van der Waals surface area contributed by atoms with Gasteiger partial charge in [0.05, 0.1) is 10.9 Å². The lowest BCUT2D eigenvalue weighted by Gasteiger charge is -2.19. The SMILES string of the molecule is CC(C)(C)c1ccc(OCC(=O)Nc2ccc(-c3nc4ccccc4c(=O)o3)cc2)cc1. The van der Waals surface area contributed by atoms with Crippen molar-refractivity contribution < 1.29 is 13.9 Å². The Balaban J connectivity index is 1.38. The largest absolute Gasteiger partial charge is 0.484 e. The molecule has 0 saturated carbocycles. The first-order chi connectivity index (χ1) is 15.3.